The average molecular weight is 464 g/mol. The molecule has 0 unspecified atom stereocenters. The zero-order valence-corrected chi connectivity index (χ0v) is 18.4. The van der Waals surface area contributed by atoms with Crippen LogP contribution in [0.3, 0.4) is 0 Å². The first-order valence-corrected chi connectivity index (χ1v) is 10.6. The Hall–Kier alpha value is -4.18. The number of aliphatic carboxylic acids is 1. The molecule has 10 heteroatoms. The number of carboxylic acids is 1. The Morgan fingerprint density at radius 3 is 2.29 bits per heavy atom. The van der Waals surface area contributed by atoms with Crippen LogP contribution in [-0.4, -0.2) is 57.2 Å². The molecule has 4 rings (SSSR count). The Balaban J connectivity index is 1.39. The van der Waals surface area contributed by atoms with Crippen molar-refractivity contribution in [2.24, 2.45) is 7.05 Å². The maximum atomic E-state index is 12.5. The van der Waals surface area contributed by atoms with Gasteiger partial charge in [0, 0.05) is 18.5 Å². The van der Waals surface area contributed by atoms with Crippen LogP contribution in [0.25, 0.3) is 11.1 Å². The molecule has 1 aromatic heterocycles. The highest BCUT2D eigenvalue weighted by molar-refractivity contribution is 5.96. The number of nitrogens with one attached hydrogen (secondary N) is 2. The fourth-order valence-corrected chi connectivity index (χ4v) is 4.13. The van der Waals surface area contributed by atoms with Crippen molar-refractivity contribution in [3.05, 3.63) is 77.1 Å². The number of amides is 2. The fourth-order valence-electron chi connectivity index (χ4n) is 4.13. The minimum atomic E-state index is -1.45. The highest BCUT2D eigenvalue weighted by Gasteiger charge is 2.29. The van der Waals surface area contributed by atoms with Crippen molar-refractivity contribution in [1.82, 2.24) is 20.4 Å². The number of fused-ring (bicyclic) bond motifs is 3. The van der Waals surface area contributed by atoms with Gasteiger partial charge in [0.25, 0.3) is 5.91 Å². The van der Waals surface area contributed by atoms with Crippen molar-refractivity contribution in [3.8, 4) is 11.1 Å². The van der Waals surface area contributed by atoms with Crippen LogP contribution in [0.1, 0.15) is 33.1 Å². The number of hydrogen-bond acceptors (Lipinski definition) is 6. The van der Waals surface area contributed by atoms with Gasteiger partial charge < -0.3 is 25.6 Å². The summed E-state index contributed by atoms with van der Waals surface area (Å²) >= 11 is 0. The molecule has 0 saturated carbocycles. The van der Waals surface area contributed by atoms with Crippen LogP contribution < -0.4 is 10.6 Å². The van der Waals surface area contributed by atoms with Gasteiger partial charge in [-0.1, -0.05) is 48.5 Å². The second-order valence-electron chi connectivity index (χ2n) is 7.87. The van der Waals surface area contributed by atoms with Crippen LogP contribution in [0.15, 0.2) is 54.7 Å². The van der Waals surface area contributed by atoms with Gasteiger partial charge in [-0.3, -0.25) is 9.48 Å². The van der Waals surface area contributed by atoms with Gasteiger partial charge in [-0.2, -0.15) is 5.10 Å². The van der Waals surface area contributed by atoms with Crippen molar-refractivity contribution in [3.63, 3.8) is 0 Å². The number of alkyl carbamates (subject to hydrolysis) is 1. The van der Waals surface area contributed by atoms with E-state index in [-0.39, 0.29) is 24.8 Å². The number of aliphatic hydroxyl groups excluding tert-OH is 1. The largest absolute Gasteiger partial charge is 0.480 e. The quantitative estimate of drug-likeness (QED) is 0.397. The van der Waals surface area contributed by atoms with Gasteiger partial charge in [-0.15, -0.1) is 0 Å². The predicted octanol–water partition coefficient (Wildman–Crippen LogP) is 1.63. The molecule has 0 bridgehead atoms. The Labute approximate surface area is 195 Å². The first kappa shape index (κ1) is 23.0. The fraction of sp³-hybridized carbons (Fsp3) is 0.250. The van der Waals surface area contributed by atoms with E-state index < -0.39 is 30.6 Å². The van der Waals surface area contributed by atoms with Crippen molar-refractivity contribution >= 4 is 18.0 Å². The lowest BCUT2D eigenvalue weighted by atomic mass is 9.98. The van der Waals surface area contributed by atoms with Crippen molar-refractivity contribution in [2.75, 3.05) is 13.2 Å². The maximum Gasteiger partial charge on any atom is 0.407 e. The molecule has 1 heterocycles. The molecule has 34 heavy (non-hydrogen) atoms. The molecule has 0 spiro atoms. The number of aryl methyl sites for hydroxylation is 1. The number of nitrogens with zero attached hydrogens (tertiary/aromatic N) is 2. The highest BCUT2D eigenvalue weighted by atomic mass is 16.5. The summed E-state index contributed by atoms with van der Waals surface area (Å²) < 4.78 is 6.76. The number of carboxylic acid groups (broad SMARTS) is 1. The summed E-state index contributed by atoms with van der Waals surface area (Å²) in [6.07, 6.45) is 0.740. The summed E-state index contributed by atoms with van der Waals surface area (Å²) in [7, 11) is 1.51. The third-order valence-electron chi connectivity index (χ3n) is 5.78. The van der Waals surface area contributed by atoms with Gasteiger partial charge in [0.1, 0.15) is 12.3 Å². The number of carbonyl (C=O) groups excluding carboxylic acids is 2. The maximum absolute atomic E-state index is 12.5. The Morgan fingerprint density at radius 2 is 1.71 bits per heavy atom. The molecule has 4 N–H and O–H groups in total. The summed E-state index contributed by atoms with van der Waals surface area (Å²) in [5, 5.41) is 27.0. The van der Waals surface area contributed by atoms with Gasteiger partial charge in [-0.25, -0.2) is 9.59 Å². The van der Waals surface area contributed by atoms with Crippen molar-refractivity contribution in [2.45, 2.75) is 18.5 Å². The average Bonchev–Trinajstić information content (AvgIpc) is 3.37. The third-order valence-corrected chi connectivity index (χ3v) is 5.78. The molecule has 0 radical (unpaired) electrons. The molecule has 10 nitrogen and oxygen atoms in total. The summed E-state index contributed by atoms with van der Waals surface area (Å²) in [4.78, 5) is 36.0. The van der Waals surface area contributed by atoms with E-state index in [1.165, 1.54) is 17.9 Å². The van der Waals surface area contributed by atoms with E-state index >= 15 is 0 Å². The van der Waals surface area contributed by atoms with E-state index in [9.17, 15) is 14.4 Å². The first-order chi connectivity index (χ1) is 16.4. The monoisotopic (exact) mass is 464 g/mol. The minimum absolute atomic E-state index is 0.0515. The number of rotatable bonds is 8. The van der Waals surface area contributed by atoms with E-state index in [1.54, 1.807) is 0 Å². The molecular weight excluding hydrogens is 440 g/mol. The van der Waals surface area contributed by atoms with Crippen LogP contribution >= 0.6 is 0 Å². The molecule has 0 saturated heterocycles. The molecule has 176 valence electrons. The van der Waals surface area contributed by atoms with Gasteiger partial charge in [0.05, 0.1) is 19.3 Å². The summed E-state index contributed by atoms with van der Waals surface area (Å²) in [5.41, 5.74) is 4.88. The Kier molecular flexibility index (Phi) is 6.60. The third kappa shape index (κ3) is 4.48. The smallest absolute Gasteiger partial charge is 0.407 e. The predicted molar refractivity (Wildman–Crippen MR) is 121 cm³/mol. The summed E-state index contributed by atoms with van der Waals surface area (Å²) in [6, 6.07) is 14.6. The van der Waals surface area contributed by atoms with E-state index in [2.05, 4.69) is 27.9 Å². The Morgan fingerprint density at radius 1 is 1.09 bits per heavy atom. The standard InChI is InChI=1S/C24H24N4O6/c1-28-21(22(30)27-20(12-29)23(31)32)14(11-26-28)10-25-24(33)34-13-19-17-8-4-2-6-15(17)16-7-3-5-9-18(16)19/h2-9,11,19-20,29H,10,12-13H2,1H3,(H,25,33)(H,27,30)(H,31,32)/t20-/m1/s1. The zero-order valence-electron chi connectivity index (χ0n) is 18.4. The Bertz CT molecular complexity index is 1190. The van der Waals surface area contributed by atoms with E-state index in [0.717, 1.165) is 22.3 Å². The van der Waals surface area contributed by atoms with Gasteiger partial charge in [0.2, 0.25) is 0 Å². The molecule has 1 aliphatic carbocycles. The summed E-state index contributed by atoms with van der Waals surface area (Å²) in [5.74, 6) is -2.17. The number of aromatic nitrogens is 2. The highest BCUT2D eigenvalue weighted by Crippen LogP contribution is 2.44. The van der Waals surface area contributed by atoms with Crippen LogP contribution in [0.5, 0.6) is 0 Å². The van der Waals surface area contributed by atoms with Gasteiger partial charge >= 0.3 is 12.1 Å². The number of benzene rings is 2. The molecule has 2 amide bonds. The zero-order chi connectivity index (χ0) is 24.2. The SMILES string of the molecule is Cn1ncc(CNC(=O)OCC2c3ccccc3-c3ccccc32)c1C(=O)N[C@H](CO)C(=O)O. The molecule has 1 aliphatic rings. The lowest BCUT2D eigenvalue weighted by molar-refractivity contribution is -0.140. The van der Waals surface area contributed by atoms with Gasteiger partial charge in [0.15, 0.2) is 6.04 Å². The van der Waals surface area contributed by atoms with Crippen LogP contribution in [0.2, 0.25) is 0 Å². The van der Waals surface area contributed by atoms with Crippen LogP contribution in [0, 0.1) is 0 Å². The molecule has 1 atom stereocenters. The second kappa shape index (κ2) is 9.75. The normalized spacial score (nSPS) is 13.0. The number of carbonyl (C=O) groups is 3. The number of aliphatic hydroxyl groups is 1. The molecule has 0 aliphatic heterocycles. The van der Waals surface area contributed by atoms with E-state index in [0.29, 0.717) is 5.56 Å². The van der Waals surface area contributed by atoms with E-state index in [4.69, 9.17) is 14.9 Å². The van der Waals surface area contributed by atoms with Crippen molar-refractivity contribution in [1.29, 1.82) is 0 Å². The lowest BCUT2D eigenvalue weighted by Gasteiger charge is -2.15. The first-order valence-electron chi connectivity index (χ1n) is 10.6. The summed E-state index contributed by atoms with van der Waals surface area (Å²) in [6.45, 7) is -0.659. The van der Waals surface area contributed by atoms with Crippen molar-refractivity contribution < 1.29 is 29.3 Å². The van der Waals surface area contributed by atoms with Gasteiger partial charge in [-0.05, 0) is 22.3 Å². The molecule has 0 fully saturated rings. The lowest BCUT2D eigenvalue weighted by Crippen LogP contribution is -2.44. The number of hydrogen-bond donors (Lipinski definition) is 4. The minimum Gasteiger partial charge on any atom is -0.480 e. The van der Waals surface area contributed by atoms with Crippen LogP contribution in [0.4, 0.5) is 4.79 Å². The topological polar surface area (TPSA) is 143 Å². The van der Waals surface area contributed by atoms with Crippen LogP contribution in [-0.2, 0) is 23.1 Å². The molecular formula is C24H24N4O6. The van der Waals surface area contributed by atoms with E-state index in [1.807, 2.05) is 36.4 Å². The second-order valence-corrected chi connectivity index (χ2v) is 7.87. The molecule has 2 aromatic carbocycles. The number of ether oxygens (including phenoxy) is 1. The molecule has 3 aromatic rings.